The van der Waals surface area contributed by atoms with E-state index in [0.717, 1.165) is 39.4 Å². The highest BCUT2D eigenvalue weighted by molar-refractivity contribution is 7.88. The number of aryl methyl sites for hydroxylation is 2. The van der Waals surface area contributed by atoms with Crippen LogP contribution >= 0.6 is 0 Å². The Balaban J connectivity index is 1.63. The molecular formula is C29H24N2O3S. The summed E-state index contributed by atoms with van der Waals surface area (Å²) in [5, 5.41) is 0. The van der Waals surface area contributed by atoms with Gasteiger partial charge in [0.15, 0.2) is 5.54 Å². The molecule has 6 rings (SSSR count). The number of hydrogen-bond acceptors (Lipinski definition) is 3. The zero-order valence-electron chi connectivity index (χ0n) is 19.0. The second-order valence-electron chi connectivity index (χ2n) is 9.00. The smallest absolute Gasteiger partial charge is 0.271 e. The maximum atomic E-state index is 14.6. The van der Waals surface area contributed by atoms with Gasteiger partial charge in [-0.05, 0) is 46.2 Å². The number of rotatable bonds is 3. The second kappa shape index (κ2) is 8.18. The van der Waals surface area contributed by atoms with E-state index in [1.54, 1.807) is 0 Å². The maximum absolute atomic E-state index is 14.6. The standard InChI is InChI=1S/C29H24N2O3S/c32-28-29(25-17-9-7-11-21(25)19-20-22-12-8-10-18-26(22)29)30-35(33,34)31(28)27(23-13-3-1-4-14-23)24-15-5-2-6-16-24/h1-18,27,30H,19-20H2. The first-order chi connectivity index (χ1) is 17.0. The summed E-state index contributed by atoms with van der Waals surface area (Å²) in [5.74, 6) is -0.489. The Kier molecular flexibility index (Phi) is 5.09. The number of carbonyl (C=O) groups is 1. The molecule has 4 aromatic carbocycles. The summed E-state index contributed by atoms with van der Waals surface area (Å²) in [7, 11) is -4.21. The van der Waals surface area contributed by atoms with Gasteiger partial charge in [-0.1, -0.05) is 109 Å². The number of fused-ring (bicyclic) bond motifs is 4. The fourth-order valence-corrected chi connectivity index (χ4v) is 7.18. The molecule has 2 aliphatic rings. The minimum atomic E-state index is -4.21. The molecular weight excluding hydrogens is 456 g/mol. The van der Waals surface area contributed by atoms with Crippen LogP contribution in [0.15, 0.2) is 109 Å². The first-order valence-corrected chi connectivity index (χ1v) is 13.1. The summed E-state index contributed by atoms with van der Waals surface area (Å²) in [4.78, 5) is 14.6. The van der Waals surface area contributed by atoms with Gasteiger partial charge in [-0.15, -0.1) is 0 Å². The lowest BCUT2D eigenvalue weighted by Gasteiger charge is -2.31. The number of nitrogens with zero attached hydrogens (tertiary/aromatic N) is 1. The van der Waals surface area contributed by atoms with E-state index >= 15 is 0 Å². The van der Waals surface area contributed by atoms with Gasteiger partial charge in [0.05, 0.1) is 6.04 Å². The molecule has 0 bridgehead atoms. The molecule has 1 heterocycles. The van der Waals surface area contributed by atoms with Gasteiger partial charge in [0.1, 0.15) is 0 Å². The number of carbonyl (C=O) groups excluding carboxylic acids is 1. The van der Waals surface area contributed by atoms with Crippen LogP contribution in [0.2, 0.25) is 0 Å². The molecule has 174 valence electrons. The van der Waals surface area contributed by atoms with Gasteiger partial charge in [0.25, 0.3) is 5.91 Å². The van der Waals surface area contributed by atoms with E-state index in [4.69, 9.17) is 0 Å². The molecule has 0 atom stereocenters. The molecule has 6 heteroatoms. The topological polar surface area (TPSA) is 66.5 Å². The van der Waals surface area contributed by atoms with Crippen LogP contribution in [-0.2, 0) is 33.4 Å². The molecule has 1 aliphatic heterocycles. The van der Waals surface area contributed by atoms with Crippen molar-refractivity contribution in [3.63, 3.8) is 0 Å². The van der Waals surface area contributed by atoms with Crippen LogP contribution in [0.3, 0.4) is 0 Å². The minimum Gasteiger partial charge on any atom is -0.271 e. The average Bonchev–Trinajstić information content (AvgIpc) is 3.01. The third kappa shape index (κ3) is 3.32. The van der Waals surface area contributed by atoms with E-state index in [0.29, 0.717) is 11.1 Å². The number of nitrogens with one attached hydrogen (secondary N) is 1. The molecule has 1 fully saturated rings. The number of amides is 1. The van der Waals surface area contributed by atoms with Gasteiger partial charge >= 0.3 is 10.2 Å². The summed E-state index contributed by atoms with van der Waals surface area (Å²) < 4.78 is 31.8. The SMILES string of the molecule is O=C1N(C(c2ccccc2)c2ccccc2)S(=O)(=O)NC12c1ccccc1CCc1ccccc12. The summed E-state index contributed by atoms with van der Waals surface area (Å²) in [6, 6.07) is 33.2. The van der Waals surface area contributed by atoms with Crippen LogP contribution in [0, 0.1) is 0 Å². The van der Waals surface area contributed by atoms with E-state index in [1.807, 2.05) is 109 Å². The molecule has 0 radical (unpaired) electrons. The van der Waals surface area contributed by atoms with E-state index in [9.17, 15) is 13.2 Å². The lowest BCUT2D eigenvalue weighted by atomic mass is 9.80. The summed E-state index contributed by atoms with van der Waals surface area (Å²) in [5.41, 5.74) is 3.26. The van der Waals surface area contributed by atoms with Gasteiger partial charge in [-0.25, -0.2) is 4.31 Å². The second-order valence-corrected chi connectivity index (χ2v) is 10.5. The van der Waals surface area contributed by atoms with E-state index in [-0.39, 0.29) is 0 Å². The fraction of sp³-hybridized carbons (Fsp3) is 0.138. The average molecular weight is 481 g/mol. The summed E-state index contributed by atoms with van der Waals surface area (Å²) in [6.07, 6.45) is 1.45. The van der Waals surface area contributed by atoms with Gasteiger partial charge < -0.3 is 0 Å². The van der Waals surface area contributed by atoms with Crippen molar-refractivity contribution in [1.82, 2.24) is 9.03 Å². The van der Waals surface area contributed by atoms with E-state index in [2.05, 4.69) is 4.72 Å². The third-order valence-electron chi connectivity index (χ3n) is 7.03. The fourth-order valence-electron chi connectivity index (χ4n) is 5.51. The van der Waals surface area contributed by atoms with Crippen molar-refractivity contribution in [2.24, 2.45) is 0 Å². The largest absolute Gasteiger partial charge is 0.306 e. The molecule has 1 N–H and O–H groups in total. The third-order valence-corrected chi connectivity index (χ3v) is 8.49. The lowest BCUT2D eigenvalue weighted by molar-refractivity contribution is -0.130. The van der Waals surface area contributed by atoms with Crippen LogP contribution in [0.5, 0.6) is 0 Å². The van der Waals surface area contributed by atoms with Crippen molar-refractivity contribution in [3.8, 4) is 0 Å². The predicted molar refractivity (Wildman–Crippen MR) is 135 cm³/mol. The Hall–Kier alpha value is -3.74. The first-order valence-electron chi connectivity index (χ1n) is 11.7. The van der Waals surface area contributed by atoms with Crippen molar-refractivity contribution in [2.45, 2.75) is 24.4 Å². The van der Waals surface area contributed by atoms with Crippen molar-refractivity contribution >= 4 is 16.1 Å². The normalized spacial score (nSPS) is 17.7. The Morgan fingerprint density at radius 3 is 1.57 bits per heavy atom. The highest BCUT2D eigenvalue weighted by Crippen LogP contribution is 2.46. The minimum absolute atomic E-state index is 0.489. The van der Waals surface area contributed by atoms with Crippen molar-refractivity contribution < 1.29 is 13.2 Å². The zero-order chi connectivity index (χ0) is 24.0. The van der Waals surface area contributed by atoms with Gasteiger partial charge in [0, 0.05) is 0 Å². The monoisotopic (exact) mass is 480 g/mol. The van der Waals surface area contributed by atoms with Crippen molar-refractivity contribution in [1.29, 1.82) is 0 Å². The zero-order valence-corrected chi connectivity index (χ0v) is 19.8. The van der Waals surface area contributed by atoms with Crippen molar-refractivity contribution in [2.75, 3.05) is 0 Å². The molecule has 0 unspecified atom stereocenters. The summed E-state index contributed by atoms with van der Waals surface area (Å²) >= 11 is 0. The highest BCUT2D eigenvalue weighted by Gasteiger charge is 2.60. The Labute approximate surface area is 205 Å². The first kappa shape index (κ1) is 21.8. The Morgan fingerprint density at radius 1 is 0.657 bits per heavy atom. The van der Waals surface area contributed by atoms with Crippen LogP contribution in [0.25, 0.3) is 0 Å². The molecule has 0 aromatic heterocycles. The maximum Gasteiger partial charge on any atom is 0.306 e. The van der Waals surface area contributed by atoms with Crippen LogP contribution in [0.1, 0.15) is 39.4 Å². The van der Waals surface area contributed by atoms with Gasteiger partial charge in [0.2, 0.25) is 0 Å². The number of hydrogen-bond donors (Lipinski definition) is 1. The van der Waals surface area contributed by atoms with Crippen LogP contribution in [-0.4, -0.2) is 18.6 Å². The Morgan fingerprint density at radius 2 is 1.09 bits per heavy atom. The van der Waals surface area contributed by atoms with Crippen molar-refractivity contribution in [3.05, 3.63) is 143 Å². The molecule has 1 saturated heterocycles. The molecule has 1 aliphatic carbocycles. The van der Waals surface area contributed by atoms with Crippen LogP contribution < -0.4 is 4.72 Å². The highest BCUT2D eigenvalue weighted by atomic mass is 32.2. The van der Waals surface area contributed by atoms with Gasteiger partial charge in [-0.3, -0.25) is 4.79 Å². The Bertz CT molecular complexity index is 1430. The van der Waals surface area contributed by atoms with E-state index < -0.39 is 27.7 Å². The molecule has 1 amide bonds. The molecule has 4 aromatic rings. The quantitative estimate of drug-likeness (QED) is 0.470. The number of benzene rings is 4. The molecule has 1 spiro atoms. The van der Waals surface area contributed by atoms with Crippen LogP contribution in [0.4, 0.5) is 0 Å². The predicted octanol–water partition coefficient (Wildman–Crippen LogP) is 4.50. The summed E-state index contributed by atoms with van der Waals surface area (Å²) in [6.45, 7) is 0. The molecule has 35 heavy (non-hydrogen) atoms. The molecule has 5 nitrogen and oxygen atoms in total. The van der Waals surface area contributed by atoms with Gasteiger partial charge in [-0.2, -0.15) is 13.1 Å². The lowest BCUT2D eigenvalue weighted by Crippen LogP contribution is -2.46. The van der Waals surface area contributed by atoms with E-state index in [1.165, 1.54) is 0 Å². The molecule has 0 saturated carbocycles.